The molecule has 2 heterocycles. The topological polar surface area (TPSA) is 51.8 Å². The summed E-state index contributed by atoms with van der Waals surface area (Å²) in [7, 11) is 0. The van der Waals surface area contributed by atoms with Gasteiger partial charge >= 0.3 is 0 Å². The first-order valence-corrected chi connectivity index (χ1v) is 15.6. The van der Waals surface area contributed by atoms with Crippen LogP contribution >= 0.6 is 0 Å². The lowest BCUT2D eigenvalue weighted by molar-refractivity contribution is 0.669. The Hall–Kier alpha value is -6.91. The second-order valence-corrected chi connectivity index (χ2v) is 11.4. The maximum atomic E-state index is 9.68. The molecule has 0 radical (unpaired) electrons. The number of fused-ring (bicyclic) bond motifs is 5. The van der Waals surface area contributed by atoms with Gasteiger partial charge in [0, 0.05) is 27.5 Å². The summed E-state index contributed by atoms with van der Waals surface area (Å²) < 4.78 is 164. The average Bonchev–Trinajstić information content (AvgIpc) is 3.75. The summed E-state index contributed by atoms with van der Waals surface area (Å²) in [5.41, 5.74) is -0.618. The maximum Gasteiger partial charge on any atom is 0.164 e. The van der Waals surface area contributed by atoms with Gasteiger partial charge in [0.1, 0.15) is 11.2 Å². The SMILES string of the molecule is [2H]c1c([2H])c([2H])c(-c2nc(-c3ccc(-c4c([2H])c([2H])c([2H])c5c([2H])c([2H])c([2H])c([2H])c45)cc3)nc(-c3c([2H])c([2H])c([2H])c4oc5c([2H])c([2H])c(-c6cccc7ccccc67)c([2H])c5c34)n2)c([2H])c1[2H]. The molecular formula is C47H29N3O. The molecule has 0 aliphatic heterocycles. The molecule has 51 heavy (non-hydrogen) atoms. The first-order valence-electron chi connectivity index (χ1n) is 24.6. The number of aromatic nitrogens is 3. The zero-order chi connectivity index (χ0) is 49.4. The number of furan rings is 1. The zero-order valence-electron chi connectivity index (χ0n) is 44.1. The molecule has 0 fully saturated rings. The van der Waals surface area contributed by atoms with Crippen molar-refractivity contribution in [3.05, 3.63) is 175 Å². The second-order valence-electron chi connectivity index (χ2n) is 11.4. The van der Waals surface area contributed by atoms with Gasteiger partial charge in [-0.15, -0.1) is 0 Å². The third kappa shape index (κ3) is 5.04. The van der Waals surface area contributed by atoms with E-state index in [1.165, 1.54) is 24.3 Å². The molecule has 0 saturated heterocycles. The fraction of sp³-hybridized carbons (Fsp3) is 0. The van der Waals surface area contributed by atoms with Crippen LogP contribution in [0.1, 0.15) is 24.7 Å². The molecule has 4 nitrogen and oxygen atoms in total. The van der Waals surface area contributed by atoms with Crippen molar-refractivity contribution in [3.8, 4) is 56.4 Å². The average molecular weight is 670 g/mol. The summed E-state index contributed by atoms with van der Waals surface area (Å²) in [4.78, 5) is 13.8. The monoisotopic (exact) mass is 669 g/mol. The smallest absolute Gasteiger partial charge is 0.164 e. The van der Waals surface area contributed by atoms with Crippen molar-refractivity contribution >= 4 is 43.5 Å². The summed E-state index contributed by atoms with van der Waals surface area (Å²) in [5.74, 6) is -1.13. The normalized spacial score (nSPS) is 16.5. The number of hydrogen-bond acceptors (Lipinski definition) is 4. The summed E-state index contributed by atoms with van der Waals surface area (Å²) in [6.07, 6.45) is 0. The molecule has 0 unspecified atom stereocenters. The van der Waals surface area contributed by atoms with Gasteiger partial charge in [0.25, 0.3) is 0 Å². The van der Waals surface area contributed by atoms with Crippen LogP contribution in [-0.2, 0) is 0 Å². The van der Waals surface area contributed by atoms with Crippen molar-refractivity contribution in [2.24, 2.45) is 0 Å². The molecular weight excluding hydrogens is 623 g/mol. The molecule has 10 rings (SSSR count). The van der Waals surface area contributed by atoms with Crippen molar-refractivity contribution in [1.29, 1.82) is 0 Å². The van der Waals surface area contributed by atoms with Gasteiger partial charge in [-0.1, -0.05) is 157 Å². The molecule has 0 saturated carbocycles. The van der Waals surface area contributed by atoms with Crippen LogP contribution in [0.3, 0.4) is 0 Å². The number of benzene rings is 8. The molecule has 0 spiro atoms. The van der Waals surface area contributed by atoms with E-state index in [9.17, 15) is 2.74 Å². The highest BCUT2D eigenvalue weighted by Crippen LogP contribution is 2.39. The van der Waals surface area contributed by atoms with Crippen LogP contribution in [0.25, 0.3) is 99.9 Å². The third-order valence-corrected chi connectivity index (χ3v) is 8.46. The standard InChI is InChI=1S/C47H29N3O/c1-2-13-33(14-3-1)45-48-46(34-25-23-32(24-26-34)38-19-8-15-30-11-4-6-17-36(30)38)50-47(49-45)40-21-10-22-43-44(40)41-29-35(27-28-42(41)51-43)39-20-9-16-31-12-5-7-18-37(31)39/h1-29H/i1D,2D,3D,4D,6D,8D,10D,11D,13D,14D,15D,17D,19D,21D,22D,27D,28D,29D. The van der Waals surface area contributed by atoms with E-state index in [-0.39, 0.29) is 78.4 Å². The minimum absolute atomic E-state index is 0.0382. The van der Waals surface area contributed by atoms with Crippen molar-refractivity contribution < 1.29 is 29.1 Å². The first kappa shape index (κ1) is 16.2. The number of hydrogen-bond donors (Lipinski definition) is 0. The predicted molar refractivity (Wildman–Crippen MR) is 209 cm³/mol. The van der Waals surface area contributed by atoms with Crippen molar-refractivity contribution in [3.63, 3.8) is 0 Å². The third-order valence-electron chi connectivity index (χ3n) is 8.46. The Kier molecular flexibility index (Phi) is 3.78. The van der Waals surface area contributed by atoms with Gasteiger partial charge in [-0.2, -0.15) is 0 Å². The van der Waals surface area contributed by atoms with Gasteiger partial charge < -0.3 is 4.42 Å². The van der Waals surface area contributed by atoms with Crippen LogP contribution in [0.4, 0.5) is 0 Å². The van der Waals surface area contributed by atoms with Crippen LogP contribution in [-0.4, -0.2) is 15.0 Å². The van der Waals surface area contributed by atoms with Crippen molar-refractivity contribution in [1.82, 2.24) is 15.0 Å². The predicted octanol–water partition coefficient (Wildman–Crippen LogP) is 12.4. The molecule has 2 aromatic heterocycles. The minimum atomic E-state index is -0.715. The lowest BCUT2D eigenvalue weighted by Crippen LogP contribution is -2.00. The number of nitrogens with zero attached hydrogens (tertiary/aromatic N) is 3. The first-order chi connectivity index (χ1) is 32.8. The zero-order valence-corrected chi connectivity index (χ0v) is 26.1. The highest BCUT2D eigenvalue weighted by Gasteiger charge is 2.19. The largest absolute Gasteiger partial charge is 0.456 e. The van der Waals surface area contributed by atoms with Crippen molar-refractivity contribution in [2.45, 2.75) is 0 Å². The maximum absolute atomic E-state index is 9.68. The Morgan fingerprint density at radius 1 is 0.392 bits per heavy atom. The second kappa shape index (κ2) is 11.9. The molecule has 0 aliphatic carbocycles. The minimum Gasteiger partial charge on any atom is -0.456 e. The van der Waals surface area contributed by atoms with Gasteiger partial charge in [-0.3, -0.25) is 0 Å². The van der Waals surface area contributed by atoms with E-state index in [4.69, 9.17) is 31.3 Å². The quantitative estimate of drug-likeness (QED) is 0.183. The van der Waals surface area contributed by atoms with Crippen molar-refractivity contribution in [2.75, 3.05) is 0 Å². The van der Waals surface area contributed by atoms with Gasteiger partial charge in [0.15, 0.2) is 17.5 Å². The Balaban J connectivity index is 1.28. The molecule has 0 atom stereocenters. The lowest BCUT2D eigenvalue weighted by Gasteiger charge is -2.11. The van der Waals surface area contributed by atoms with Gasteiger partial charge in [0.05, 0.1) is 24.7 Å². The molecule has 10 aromatic rings. The lowest BCUT2D eigenvalue weighted by atomic mass is 9.96. The van der Waals surface area contributed by atoms with Crippen LogP contribution in [0.15, 0.2) is 180 Å². The van der Waals surface area contributed by atoms with E-state index in [1.807, 2.05) is 18.2 Å². The molecule has 4 heteroatoms. The van der Waals surface area contributed by atoms with Gasteiger partial charge in [-0.05, 0) is 61.9 Å². The Labute approximate surface area is 319 Å². The van der Waals surface area contributed by atoms with E-state index in [1.54, 1.807) is 24.3 Å². The van der Waals surface area contributed by atoms with Gasteiger partial charge in [0.2, 0.25) is 0 Å². The fourth-order valence-corrected chi connectivity index (χ4v) is 6.10. The molecule has 238 valence electrons. The molecule has 0 N–H and O–H groups in total. The summed E-state index contributed by atoms with van der Waals surface area (Å²) in [6, 6.07) is 7.96. The highest BCUT2D eigenvalue weighted by molar-refractivity contribution is 6.13. The van der Waals surface area contributed by atoms with E-state index in [0.29, 0.717) is 10.9 Å². The van der Waals surface area contributed by atoms with Crippen LogP contribution in [0.2, 0.25) is 0 Å². The Morgan fingerprint density at radius 3 is 2.00 bits per heavy atom. The van der Waals surface area contributed by atoms with E-state index < -0.39 is 114 Å². The summed E-state index contributed by atoms with van der Waals surface area (Å²) in [5, 5.41) is 0.813. The van der Waals surface area contributed by atoms with E-state index >= 15 is 0 Å². The number of rotatable bonds is 5. The molecule has 0 amide bonds. The highest BCUT2D eigenvalue weighted by atomic mass is 16.3. The Morgan fingerprint density at radius 2 is 1.10 bits per heavy atom. The summed E-state index contributed by atoms with van der Waals surface area (Å²) >= 11 is 0. The van der Waals surface area contributed by atoms with E-state index in [2.05, 4.69) is 9.97 Å². The van der Waals surface area contributed by atoms with Crippen LogP contribution in [0, 0.1) is 0 Å². The van der Waals surface area contributed by atoms with Crippen LogP contribution in [0.5, 0.6) is 0 Å². The molecule has 0 bridgehead atoms. The summed E-state index contributed by atoms with van der Waals surface area (Å²) in [6.45, 7) is 0. The Bertz CT molecular complexity index is 3910. The van der Waals surface area contributed by atoms with Crippen LogP contribution < -0.4 is 0 Å². The van der Waals surface area contributed by atoms with Gasteiger partial charge in [-0.25, -0.2) is 15.0 Å². The molecule has 8 aromatic carbocycles. The van der Waals surface area contributed by atoms with E-state index in [0.717, 1.165) is 5.39 Å². The fourth-order valence-electron chi connectivity index (χ4n) is 6.10. The molecule has 0 aliphatic rings.